The van der Waals surface area contributed by atoms with Gasteiger partial charge >= 0.3 is 5.97 Å². The molecule has 98 valence electrons. The summed E-state index contributed by atoms with van der Waals surface area (Å²) in [5, 5.41) is 18.3. The van der Waals surface area contributed by atoms with Crippen LogP contribution in [0.5, 0.6) is 11.5 Å². The van der Waals surface area contributed by atoms with Gasteiger partial charge in [-0.05, 0) is 42.3 Å². The van der Waals surface area contributed by atoms with Gasteiger partial charge in [-0.3, -0.25) is 0 Å². The first kappa shape index (κ1) is 13.0. The molecular formula is C15H14O4. The second-order valence-corrected chi connectivity index (χ2v) is 4.26. The second-order valence-electron chi connectivity index (χ2n) is 4.26. The molecule has 0 aromatic heterocycles. The van der Waals surface area contributed by atoms with E-state index < -0.39 is 5.97 Å². The molecule has 0 radical (unpaired) electrons. The van der Waals surface area contributed by atoms with Crippen LogP contribution in [0.2, 0.25) is 0 Å². The summed E-state index contributed by atoms with van der Waals surface area (Å²) in [6.07, 6.45) is 0. The van der Waals surface area contributed by atoms with Gasteiger partial charge in [0.05, 0.1) is 0 Å². The third-order valence-corrected chi connectivity index (χ3v) is 2.69. The van der Waals surface area contributed by atoms with Gasteiger partial charge in [0.15, 0.2) is 0 Å². The average molecular weight is 258 g/mol. The van der Waals surface area contributed by atoms with Crippen LogP contribution in [0.4, 0.5) is 0 Å². The molecule has 2 aromatic carbocycles. The zero-order valence-corrected chi connectivity index (χ0v) is 10.5. The first-order chi connectivity index (χ1) is 9.06. The van der Waals surface area contributed by atoms with Gasteiger partial charge in [0.25, 0.3) is 0 Å². The first-order valence-corrected chi connectivity index (χ1v) is 5.81. The van der Waals surface area contributed by atoms with Crippen molar-refractivity contribution in [1.29, 1.82) is 0 Å². The molecule has 0 aliphatic carbocycles. The lowest BCUT2D eigenvalue weighted by molar-refractivity contribution is 0.0693. The Morgan fingerprint density at radius 3 is 2.68 bits per heavy atom. The van der Waals surface area contributed by atoms with Crippen molar-refractivity contribution in [2.75, 3.05) is 0 Å². The van der Waals surface area contributed by atoms with E-state index in [1.165, 1.54) is 12.1 Å². The molecule has 0 saturated carbocycles. The maximum absolute atomic E-state index is 10.9. The molecule has 0 heterocycles. The van der Waals surface area contributed by atoms with Crippen molar-refractivity contribution in [1.82, 2.24) is 0 Å². The Morgan fingerprint density at radius 2 is 2.00 bits per heavy atom. The zero-order chi connectivity index (χ0) is 13.8. The molecule has 4 nitrogen and oxygen atoms in total. The molecule has 0 spiro atoms. The van der Waals surface area contributed by atoms with Crippen molar-refractivity contribution in [3.8, 4) is 11.5 Å². The van der Waals surface area contributed by atoms with Crippen LogP contribution in [-0.4, -0.2) is 16.2 Å². The average Bonchev–Trinajstić information content (AvgIpc) is 2.37. The monoisotopic (exact) mass is 258 g/mol. The first-order valence-electron chi connectivity index (χ1n) is 5.81. The Morgan fingerprint density at radius 1 is 1.21 bits per heavy atom. The van der Waals surface area contributed by atoms with Crippen LogP contribution in [0.25, 0.3) is 0 Å². The van der Waals surface area contributed by atoms with E-state index in [0.29, 0.717) is 5.56 Å². The molecule has 0 fully saturated rings. The minimum absolute atomic E-state index is 0.120. The third kappa shape index (κ3) is 3.25. The second kappa shape index (κ2) is 5.44. The summed E-state index contributed by atoms with van der Waals surface area (Å²) in [4.78, 5) is 10.9. The Labute approximate surface area is 110 Å². The van der Waals surface area contributed by atoms with Gasteiger partial charge in [-0.15, -0.1) is 0 Å². The number of hydrogen-bond acceptors (Lipinski definition) is 3. The fraction of sp³-hybridized carbons (Fsp3) is 0.133. The van der Waals surface area contributed by atoms with E-state index in [1.807, 2.05) is 31.2 Å². The van der Waals surface area contributed by atoms with Crippen molar-refractivity contribution in [3.05, 3.63) is 59.2 Å². The molecule has 0 bridgehead atoms. The number of carboxylic acid groups (broad SMARTS) is 1. The molecule has 0 saturated heterocycles. The van der Waals surface area contributed by atoms with Crippen LogP contribution < -0.4 is 4.74 Å². The summed E-state index contributed by atoms with van der Waals surface area (Å²) in [6, 6.07) is 12.0. The van der Waals surface area contributed by atoms with Crippen LogP contribution in [-0.2, 0) is 6.61 Å². The molecule has 2 N–H and O–H groups in total. The summed E-state index contributed by atoms with van der Waals surface area (Å²) in [5.74, 6) is -0.674. The van der Waals surface area contributed by atoms with Gasteiger partial charge < -0.3 is 14.9 Å². The van der Waals surface area contributed by atoms with E-state index in [4.69, 9.17) is 9.84 Å². The SMILES string of the molecule is Cc1cccc(OCc2ccc(O)c(C(=O)O)c2)c1. The molecule has 4 heteroatoms. The minimum Gasteiger partial charge on any atom is -0.507 e. The quantitative estimate of drug-likeness (QED) is 0.884. The van der Waals surface area contributed by atoms with Crippen LogP contribution >= 0.6 is 0 Å². The van der Waals surface area contributed by atoms with E-state index in [1.54, 1.807) is 6.07 Å². The molecule has 0 aliphatic rings. The number of aromatic hydroxyl groups is 1. The van der Waals surface area contributed by atoms with Crippen molar-refractivity contribution >= 4 is 5.97 Å². The number of ether oxygens (including phenoxy) is 1. The van der Waals surface area contributed by atoms with Crippen molar-refractivity contribution in [3.63, 3.8) is 0 Å². The Balaban J connectivity index is 2.12. The van der Waals surface area contributed by atoms with Crippen LogP contribution in [0, 0.1) is 6.92 Å². The topological polar surface area (TPSA) is 66.8 Å². The number of aromatic carboxylic acids is 1. The highest BCUT2D eigenvalue weighted by Crippen LogP contribution is 2.20. The summed E-state index contributed by atoms with van der Waals surface area (Å²) in [5.41, 5.74) is 1.66. The smallest absolute Gasteiger partial charge is 0.339 e. The van der Waals surface area contributed by atoms with E-state index in [-0.39, 0.29) is 17.9 Å². The number of rotatable bonds is 4. The normalized spacial score (nSPS) is 10.2. The molecule has 0 unspecified atom stereocenters. The van der Waals surface area contributed by atoms with Gasteiger partial charge in [0, 0.05) is 0 Å². The number of aryl methyl sites for hydroxylation is 1. The van der Waals surface area contributed by atoms with Crippen LogP contribution in [0.3, 0.4) is 0 Å². The van der Waals surface area contributed by atoms with Crippen molar-refractivity contribution < 1.29 is 19.7 Å². The number of hydrogen-bond donors (Lipinski definition) is 2. The molecule has 0 aliphatic heterocycles. The molecule has 0 atom stereocenters. The van der Waals surface area contributed by atoms with Crippen LogP contribution in [0.15, 0.2) is 42.5 Å². The molecule has 19 heavy (non-hydrogen) atoms. The molecule has 2 rings (SSSR count). The van der Waals surface area contributed by atoms with Gasteiger partial charge in [0.1, 0.15) is 23.7 Å². The van der Waals surface area contributed by atoms with Crippen molar-refractivity contribution in [2.24, 2.45) is 0 Å². The van der Waals surface area contributed by atoms with Crippen LogP contribution in [0.1, 0.15) is 21.5 Å². The van der Waals surface area contributed by atoms with Gasteiger partial charge in [-0.25, -0.2) is 4.79 Å². The van der Waals surface area contributed by atoms with Gasteiger partial charge in [-0.2, -0.15) is 0 Å². The maximum Gasteiger partial charge on any atom is 0.339 e. The maximum atomic E-state index is 10.9. The number of benzene rings is 2. The predicted octanol–water partition coefficient (Wildman–Crippen LogP) is 2.98. The minimum atomic E-state index is -1.16. The summed E-state index contributed by atoms with van der Waals surface area (Å²) < 4.78 is 5.57. The Bertz CT molecular complexity index is 605. The Hall–Kier alpha value is -2.49. The lowest BCUT2D eigenvalue weighted by atomic mass is 10.1. The van der Waals surface area contributed by atoms with E-state index in [9.17, 15) is 9.90 Å². The largest absolute Gasteiger partial charge is 0.507 e. The summed E-state index contributed by atoms with van der Waals surface area (Å²) >= 11 is 0. The Kier molecular flexibility index (Phi) is 3.71. The predicted molar refractivity (Wildman–Crippen MR) is 70.6 cm³/mol. The van der Waals surface area contributed by atoms with E-state index in [0.717, 1.165) is 11.3 Å². The fourth-order valence-electron chi connectivity index (χ4n) is 1.72. The summed E-state index contributed by atoms with van der Waals surface area (Å²) in [7, 11) is 0. The van der Waals surface area contributed by atoms with Gasteiger partial charge in [-0.1, -0.05) is 18.2 Å². The highest BCUT2D eigenvalue weighted by atomic mass is 16.5. The molecular weight excluding hydrogens is 244 g/mol. The lowest BCUT2D eigenvalue weighted by Gasteiger charge is -2.08. The van der Waals surface area contributed by atoms with E-state index >= 15 is 0 Å². The number of phenols is 1. The highest BCUT2D eigenvalue weighted by Gasteiger charge is 2.10. The van der Waals surface area contributed by atoms with Crippen molar-refractivity contribution in [2.45, 2.75) is 13.5 Å². The van der Waals surface area contributed by atoms with E-state index in [2.05, 4.69) is 0 Å². The zero-order valence-electron chi connectivity index (χ0n) is 10.5. The summed E-state index contributed by atoms with van der Waals surface area (Å²) in [6.45, 7) is 2.22. The molecule has 0 amide bonds. The number of carboxylic acids is 1. The lowest BCUT2D eigenvalue weighted by Crippen LogP contribution is -2.01. The third-order valence-electron chi connectivity index (χ3n) is 2.69. The highest BCUT2D eigenvalue weighted by molar-refractivity contribution is 5.90. The molecule has 2 aromatic rings. The van der Waals surface area contributed by atoms with Gasteiger partial charge in [0.2, 0.25) is 0 Å². The fourth-order valence-corrected chi connectivity index (χ4v) is 1.72. The standard InChI is InChI=1S/C15H14O4/c1-10-3-2-4-12(7-10)19-9-11-5-6-14(16)13(8-11)15(17)18/h2-8,16H,9H2,1H3,(H,17,18). The number of carbonyl (C=O) groups is 1.